The van der Waals surface area contributed by atoms with Crippen LogP contribution in [0.5, 0.6) is 5.75 Å². The van der Waals surface area contributed by atoms with Gasteiger partial charge < -0.3 is 10.1 Å². The summed E-state index contributed by atoms with van der Waals surface area (Å²) in [6.45, 7) is 3.90. The molecule has 0 bridgehead atoms. The average molecular weight is 454 g/mol. The number of ether oxygens (including phenoxy) is 1. The third-order valence-corrected chi connectivity index (χ3v) is 5.98. The quantitative estimate of drug-likeness (QED) is 0.468. The van der Waals surface area contributed by atoms with E-state index in [9.17, 15) is 18.0 Å². The second-order valence-electron chi connectivity index (χ2n) is 8.94. The van der Waals surface area contributed by atoms with E-state index in [2.05, 4.69) is 5.32 Å². The molecule has 3 nitrogen and oxygen atoms in total. The van der Waals surface area contributed by atoms with E-state index < -0.39 is 17.2 Å². The van der Waals surface area contributed by atoms with Crippen molar-refractivity contribution in [3.05, 3.63) is 95.1 Å². The van der Waals surface area contributed by atoms with Crippen LogP contribution in [0.2, 0.25) is 0 Å². The van der Waals surface area contributed by atoms with Crippen molar-refractivity contribution in [2.45, 2.75) is 38.3 Å². The standard InChI is InChI=1S/C27H26F3NO2/c1-18(2)17-33-24-13-12-22(14-23(24)27(28,29)30)31-25(32)26(21-10-4-3-5-11-21)15-19-8-6-7-9-20(19)16-26/h3-14,18H,15-17H2,1-2H3,(H,31,32). The molecule has 6 heteroatoms. The first-order valence-corrected chi connectivity index (χ1v) is 11.0. The molecule has 1 aliphatic carbocycles. The molecule has 4 rings (SSSR count). The molecule has 0 saturated carbocycles. The Hall–Kier alpha value is -3.28. The first-order valence-electron chi connectivity index (χ1n) is 11.0. The topological polar surface area (TPSA) is 38.3 Å². The zero-order valence-electron chi connectivity index (χ0n) is 18.6. The SMILES string of the molecule is CC(C)COc1ccc(NC(=O)C2(c3ccccc3)Cc3ccccc3C2)cc1C(F)(F)F. The first kappa shape index (κ1) is 22.9. The van der Waals surface area contributed by atoms with Crippen LogP contribution in [0.4, 0.5) is 18.9 Å². The summed E-state index contributed by atoms with van der Waals surface area (Å²) in [6, 6.07) is 21.0. The number of benzene rings is 3. The van der Waals surface area contributed by atoms with Gasteiger partial charge in [-0.1, -0.05) is 68.4 Å². The molecule has 3 aromatic carbocycles. The Morgan fingerprint density at radius 1 is 0.970 bits per heavy atom. The fourth-order valence-electron chi connectivity index (χ4n) is 4.33. The summed E-state index contributed by atoms with van der Waals surface area (Å²) in [7, 11) is 0. The number of fused-ring (bicyclic) bond motifs is 1. The van der Waals surface area contributed by atoms with Crippen LogP contribution in [-0.4, -0.2) is 12.5 Å². The molecule has 0 unspecified atom stereocenters. The van der Waals surface area contributed by atoms with Gasteiger partial charge in [0.15, 0.2) is 0 Å². The minimum Gasteiger partial charge on any atom is -0.493 e. The third kappa shape index (κ3) is 4.75. The highest BCUT2D eigenvalue weighted by molar-refractivity contribution is 6.00. The van der Waals surface area contributed by atoms with E-state index in [0.29, 0.717) is 12.8 Å². The van der Waals surface area contributed by atoms with Crippen LogP contribution < -0.4 is 10.1 Å². The molecule has 3 aromatic rings. The maximum absolute atomic E-state index is 13.7. The van der Waals surface area contributed by atoms with Crippen LogP contribution in [-0.2, 0) is 29.2 Å². The highest BCUT2D eigenvalue weighted by atomic mass is 19.4. The van der Waals surface area contributed by atoms with E-state index in [1.54, 1.807) is 0 Å². The van der Waals surface area contributed by atoms with Gasteiger partial charge in [-0.2, -0.15) is 13.2 Å². The molecular formula is C27H26F3NO2. The fourth-order valence-corrected chi connectivity index (χ4v) is 4.33. The van der Waals surface area contributed by atoms with Crippen LogP contribution in [0, 0.1) is 5.92 Å². The number of carbonyl (C=O) groups excluding carboxylic acids is 1. The highest BCUT2D eigenvalue weighted by Gasteiger charge is 2.45. The number of anilines is 1. The number of nitrogens with one attached hydrogen (secondary N) is 1. The lowest BCUT2D eigenvalue weighted by atomic mass is 9.76. The van der Waals surface area contributed by atoms with Gasteiger partial charge >= 0.3 is 6.18 Å². The molecule has 0 aliphatic heterocycles. The van der Waals surface area contributed by atoms with Gasteiger partial charge in [0.1, 0.15) is 5.75 Å². The van der Waals surface area contributed by atoms with Gasteiger partial charge in [0, 0.05) is 5.69 Å². The van der Waals surface area contributed by atoms with Gasteiger partial charge in [-0.3, -0.25) is 4.79 Å². The van der Waals surface area contributed by atoms with Gasteiger partial charge in [-0.15, -0.1) is 0 Å². The minimum atomic E-state index is -4.60. The normalized spacial score (nSPS) is 14.7. The Kier molecular flexibility index (Phi) is 6.19. The molecular weight excluding hydrogens is 427 g/mol. The second kappa shape index (κ2) is 8.93. The molecule has 0 radical (unpaired) electrons. The first-order chi connectivity index (χ1) is 15.7. The molecule has 1 amide bonds. The van der Waals surface area contributed by atoms with Crippen LogP contribution >= 0.6 is 0 Å². The summed E-state index contributed by atoms with van der Waals surface area (Å²) in [5.74, 6) is -0.477. The molecule has 0 heterocycles. The summed E-state index contributed by atoms with van der Waals surface area (Å²) in [4.78, 5) is 13.6. The van der Waals surface area contributed by atoms with Gasteiger partial charge in [0.2, 0.25) is 5.91 Å². The molecule has 0 saturated heterocycles. The van der Waals surface area contributed by atoms with Crippen molar-refractivity contribution in [2.24, 2.45) is 5.92 Å². The zero-order chi connectivity index (χ0) is 23.6. The van der Waals surface area contributed by atoms with Crippen LogP contribution in [0.3, 0.4) is 0 Å². The van der Waals surface area contributed by atoms with Crippen molar-refractivity contribution in [3.63, 3.8) is 0 Å². The van der Waals surface area contributed by atoms with E-state index in [1.165, 1.54) is 12.1 Å². The number of halogens is 3. The lowest BCUT2D eigenvalue weighted by Crippen LogP contribution is -2.41. The maximum Gasteiger partial charge on any atom is 0.420 e. The van der Waals surface area contributed by atoms with Gasteiger partial charge in [0.05, 0.1) is 17.6 Å². The van der Waals surface area contributed by atoms with Crippen molar-refractivity contribution in [1.82, 2.24) is 0 Å². The predicted molar refractivity (Wildman–Crippen MR) is 122 cm³/mol. The lowest BCUT2D eigenvalue weighted by Gasteiger charge is -2.29. The number of hydrogen-bond acceptors (Lipinski definition) is 2. The number of amides is 1. The van der Waals surface area contributed by atoms with E-state index in [-0.39, 0.29) is 29.9 Å². The van der Waals surface area contributed by atoms with E-state index in [0.717, 1.165) is 22.8 Å². The fraction of sp³-hybridized carbons (Fsp3) is 0.296. The van der Waals surface area contributed by atoms with Crippen LogP contribution in [0.25, 0.3) is 0 Å². The second-order valence-corrected chi connectivity index (χ2v) is 8.94. The Balaban J connectivity index is 1.67. The summed E-state index contributed by atoms with van der Waals surface area (Å²) in [5.41, 5.74) is 1.29. The summed E-state index contributed by atoms with van der Waals surface area (Å²) < 4.78 is 46.5. The van der Waals surface area contributed by atoms with Crippen molar-refractivity contribution in [1.29, 1.82) is 0 Å². The molecule has 0 fully saturated rings. The average Bonchev–Trinajstić information content (AvgIpc) is 3.19. The number of hydrogen-bond donors (Lipinski definition) is 1. The van der Waals surface area contributed by atoms with Gasteiger partial charge in [0.25, 0.3) is 0 Å². The Morgan fingerprint density at radius 2 is 1.58 bits per heavy atom. The molecule has 33 heavy (non-hydrogen) atoms. The number of carbonyl (C=O) groups is 1. The van der Waals surface area contributed by atoms with Crippen molar-refractivity contribution in [3.8, 4) is 5.75 Å². The van der Waals surface area contributed by atoms with Crippen LogP contribution in [0.15, 0.2) is 72.8 Å². The van der Waals surface area contributed by atoms with E-state index in [4.69, 9.17) is 4.74 Å². The molecule has 0 atom stereocenters. The monoisotopic (exact) mass is 453 g/mol. The summed E-state index contributed by atoms with van der Waals surface area (Å²) >= 11 is 0. The maximum atomic E-state index is 13.7. The minimum absolute atomic E-state index is 0.0835. The molecule has 172 valence electrons. The predicted octanol–water partition coefficient (Wildman–Crippen LogP) is 6.42. The van der Waals surface area contributed by atoms with Gasteiger partial charge in [-0.25, -0.2) is 0 Å². The van der Waals surface area contributed by atoms with Crippen LogP contribution in [0.1, 0.15) is 36.1 Å². The summed E-state index contributed by atoms with van der Waals surface area (Å²) in [6.07, 6.45) is -3.63. The Morgan fingerprint density at radius 3 is 2.15 bits per heavy atom. The Bertz CT molecular complexity index is 1110. The van der Waals surface area contributed by atoms with Crippen molar-refractivity contribution >= 4 is 11.6 Å². The van der Waals surface area contributed by atoms with Crippen molar-refractivity contribution in [2.75, 3.05) is 11.9 Å². The number of rotatable bonds is 6. The third-order valence-electron chi connectivity index (χ3n) is 5.98. The Labute approximate surface area is 191 Å². The zero-order valence-corrected chi connectivity index (χ0v) is 18.6. The highest BCUT2D eigenvalue weighted by Crippen LogP contribution is 2.42. The smallest absolute Gasteiger partial charge is 0.420 e. The van der Waals surface area contributed by atoms with Gasteiger partial charge in [-0.05, 0) is 53.6 Å². The molecule has 1 N–H and O–H groups in total. The van der Waals surface area contributed by atoms with E-state index >= 15 is 0 Å². The molecule has 1 aliphatic rings. The van der Waals surface area contributed by atoms with Crippen molar-refractivity contribution < 1.29 is 22.7 Å². The molecule has 0 aromatic heterocycles. The molecule has 0 spiro atoms. The van der Waals surface area contributed by atoms with E-state index in [1.807, 2.05) is 68.4 Å². The number of alkyl halides is 3. The largest absolute Gasteiger partial charge is 0.493 e. The lowest BCUT2D eigenvalue weighted by molar-refractivity contribution is -0.139. The summed E-state index contributed by atoms with van der Waals surface area (Å²) in [5, 5.41) is 2.77.